The topological polar surface area (TPSA) is 12.9 Å². The highest BCUT2D eigenvalue weighted by Gasteiger charge is 2.16. The molecule has 0 amide bonds. The monoisotopic (exact) mass is 211 g/mol. The lowest BCUT2D eigenvalue weighted by atomic mass is 9.86. The van der Waals surface area contributed by atoms with E-state index in [1.807, 2.05) is 12.3 Å². The summed E-state index contributed by atoms with van der Waals surface area (Å²) in [5.74, 6) is 0.944. The third-order valence-electron chi connectivity index (χ3n) is 3.23. The van der Waals surface area contributed by atoms with Crippen LogP contribution in [0, 0.1) is 0 Å². The summed E-state index contributed by atoms with van der Waals surface area (Å²) in [6.07, 6.45) is 1.86. The van der Waals surface area contributed by atoms with Crippen LogP contribution in [0.4, 0.5) is 0 Å². The second-order valence-corrected chi connectivity index (χ2v) is 4.24. The Hall–Kier alpha value is -1.63. The quantitative estimate of drug-likeness (QED) is 0.748. The highest BCUT2D eigenvalue weighted by Crippen LogP contribution is 2.30. The third-order valence-corrected chi connectivity index (χ3v) is 3.23. The smallest absolute Gasteiger partial charge is 0.0437 e. The fraction of sp³-hybridized carbons (Fsp3) is 0.267. The van der Waals surface area contributed by atoms with Crippen molar-refractivity contribution in [2.75, 3.05) is 0 Å². The van der Waals surface area contributed by atoms with Crippen molar-refractivity contribution < 1.29 is 0 Å². The van der Waals surface area contributed by atoms with E-state index < -0.39 is 0 Å². The molecule has 1 nitrogen and oxygen atoms in total. The molecule has 2 atom stereocenters. The number of hydrogen-bond donors (Lipinski definition) is 0. The summed E-state index contributed by atoms with van der Waals surface area (Å²) >= 11 is 0. The summed E-state index contributed by atoms with van der Waals surface area (Å²) in [5, 5.41) is 0. The Kier molecular flexibility index (Phi) is 3.35. The molecule has 0 bridgehead atoms. The fourth-order valence-electron chi connectivity index (χ4n) is 1.95. The maximum absolute atomic E-state index is 4.43. The van der Waals surface area contributed by atoms with Crippen molar-refractivity contribution in [1.29, 1.82) is 0 Å². The van der Waals surface area contributed by atoms with Crippen LogP contribution in [-0.2, 0) is 0 Å². The number of hydrogen-bond acceptors (Lipinski definition) is 1. The first-order valence-electron chi connectivity index (χ1n) is 5.75. The molecule has 1 aromatic heterocycles. The minimum Gasteiger partial charge on any atom is -0.261 e. The molecule has 2 aromatic rings. The molecule has 0 fully saturated rings. The highest BCUT2D eigenvalue weighted by atomic mass is 14.7. The molecule has 0 aliphatic rings. The standard InChI is InChI=1S/C15H17N/c1-12(14-8-4-3-5-9-14)13(2)15-10-6-7-11-16-15/h3-13H,1-2H3. The third kappa shape index (κ3) is 2.30. The lowest BCUT2D eigenvalue weighted by Crippen LogP contribution is -2.06. The summed E-state index contributed by atoms with van der Waals surface area (Å²) in [4.78, 5) is 4.43. The van der Waals surface area contributed by atoms with Gasteiger partial charge < -0.3 is 0 Å². The normalized spacial score (nSPS) is 14.4. The van der Waals surface area contributed by atoms with Gasteiger partial charge in [-0.1, -0.05) is 50.2 Å². The Morgan fingerprint density at radius 2 is 1.50 bits per heavy atom. The van der Waals surface area contributed by atoms with Crippen molar-refractivity contribution in [3.05, 3.63) is 66.0 Å². The molecule has 0 spiro atoms. The molecular weight excluding hydrogens is 194 g/mol. The van der Waals surface area contributed by atoms with E-state index in [-0.39, 0.29) is 0 Å². The largest absolute Gasteiger partial charge is 0.261 e. The Bertz CT molecular complexity index is 378. The van der Waals surface area contributed by atoms with Gasteiger partial charge in [0, 0.05) is 17.8 Å². The molecular formula is C15H17N. The summed E-state index contributed by atoms with van der Waals surface area (Å²) in [5.41, 5.74) is 2.54. The van der Waals surface area contributed by atoms with Crippen LogP contribution in [0.5, 0.6) is 0 Å². The minimum absolute atomic E-state index is 0.448. The average Bonchev–Trinajstić information content (AvgIpc) is 2.39. The first kappa shape index (κ1) is 10.9. The fourth-order valence-corrected chi connectivity index (χ4v) is 1.95. The minimum atomic E-state index is 0.448. The SMILES string of the molecule is CC(c1ccccc1)C(C)c1ccccn1. The van der Waals surface area contributed by atoms with E-state index in [9.17, 15) is 0 Å². The number of rotatable bonds is 3. The Morgan fingerprint density at radius 3 is 2.12 bits per heavy atom. The van der Waals surface area contributed by atoms with Gasteiger partial charge in [0.05, 0.1) is 0 Å². The summed E-state index contributed by atoms with van der Waals surface area (Å²) < 4.78 is 0. The molecule has 82 valence electrons. The number of pyridine rings is 1. The van der Waals surface area contributed by atoms with Gasteiger partial charge >= 0.3 is 0 Å². The highest BCUT2D eigenvalue weighted by molar-refractivity contribution is 5.23. The molecule has 0 aliphatic heterocycles. The lowest BCUT2D eigenvalue weighted by Gasteiger charge is -2.19. The van der Waals surface area contributed by atoms with Gasteiger partial charge in [-0.3, -0.25) is 4.98 Å². The van der Waals surface area contributed by atoms with Crippen molar-refractivity contribution in [3.63, 3.8) is 0 Å². The van der Waals surface area contributed by atoms with Gasteiger partial charge in [0.1, 0.15) is 0 Å². The van der Waals surface area contributed by atoms with Gasteiger partial charge in [-0.15, -0.1) is 0 Å². The number of aromatic nitrogens is 1. The van der Waals surface area contributed by atoms with Crippen molar-refractivity contribution in [2.45, 2.75) is 25.7 Å². The van der Waals surface area contributed by atoms with Crippen molar-refractivity contribution >= 4 is 0 Å². The molecule has 0 radical (unpaired) electrons. The van der Waals surface area contributed by atoms with Gasteiger partial charge in [-0.2, -0.15) is 0 Å². The lowest BCUT2D eigenvalue weighted by molar-refractivity contribution is 0.608. The number of nitrogens with zero attached hydrogens (tertiary/aromatic N) is 1. The second-order valence-electron chi connectivity index (χ2n) is 4.24. The van der Waals surface area contributed by atoms with E-state index >= 15 is 0 Å². The molecule has 1 aromatic carbocycles. The number of benzene rings is 1. The van der Waals surface area contributed by atoms with Crippen LogP contribution in [0.15, 0.2) is 54.7 Å². The molecule has 2 unspecified atom stereocenters. The van der Waals surface area contributed by atoms with E-state index in [1.165, 1.54) is 11.3 Å². The zero-order valence-corrected chi connectivity index (χ0v) is 9.80. The first-order valence-corrected chi connectivity index (χ1v) is 5.75. The van der Waals surface area contributed by atoms with Crippen LogP contribution in [0.2, 0.25) is 0 Å². The van der Waals surface area contributed by atoms with Crippen LogP contribution in [-0.4, -0.2) is 4.98 Å². The van der Waals surface area contributed by atoms with Crippen molar-refractivity contribution in [1.82, 2.24) is 4.98 Å². The molecule has 0 aliphatic carbocycles. The molecule has 0 N–H and O–H groups in total. The predicted molar refractivity (Wildman–Crippen MR) is 67.5 cm³/mol. The van der Waals surface area contributed by atoms with Crippen molar-refractivity contribution in [2.24, 2.45) is 0 Å². The maximum atomic E-state index is 4.43. The van der Waals surface area contributed by atoms with Gasteiger partial charge in [-0.05, 0) is 23.6 Å². The van der Waals surface area contributed by atoms with Crippen LogP contribution in [0.3, 0.4) is 0 Å². The molecule has 2 rings (SSSR count). The van der Waals surface area contributed by atoms with Crippen LogP contribution in [0.25, 0.3) is 0 Å². The average molecular weight is 211 g/mol. The van der Waals surface area contributed by atoms with E-state index in [0.29, 0.717) is 11.8 Å². The summed E-state index contributed by atoms with van der Waals surface area (Å²) in [7, 11) is 0. The Morgan fingerprint density at radius 1 is 0.812 bits per heavy atom. The van der Waals surface area contributed by atoms with Gasteiger partial charge in [0.2, 0.25) is 0 Å². The Balaban J connectivity index is 2.20. The van der Waals surface area contributed by atoms with E-state index in [0.717, 1.165) is 0 Å². The maximum Gasteiger partial charge on any atom is 0.0437 e. The van der Waals surface area contributed by atoms with Gasteiger partial charge in [-0.25, -0.2) is 0 Å². The van der Waals surface area contributed by atoms with E-state index in [4.69, 9.17) is 0 Å². The van der Waals surface area contributed by atoms with Gasteiger partial charge in [0.25, 0.3) is 0 Å². The van der Waals surface area contributed by atoms with Gasteiger partial charge in [0.15, 0.2) is 0 Å². The molecule has 1 heteroatoms. The summed E-state index contributed by atoms with van der Waals surface area (Å²) in [6.45, 7) is 4.49. The zero-order valence-electron chi connectivity index (χ0n) is 9.80. The Labute approximate surface area is 97.2 Å². The molecule has 16 heavy (non-hydrogen) atoms. The zero-order chi connectivity index (χ0) is 11.4. The van der Waals surface area contributed by atoms with Crippen LogP contribution in [0.1, 0.15) is 36.9 Å². The first-order chi connectivity index (χ1) is 7.79. The van der Waals surface area contributed by atoms with Crippen LogP contribution >= 0.6 is 0 Å². The van der Waals surface area contributed by atoms with Crippen molar-refractivity contribution in [3.8, 4) is 0 Å². The van der Waals surface area contributed by atoms with E-state index in [2.05, 4.69) is 61.3 Å². The second kappa shape index (κ2) is 4.93. The predicted octanol–water partition coefficient (Wildman–Crippen LogP) is 3.99. The molecule has 0 saturated heterocycles. The molecule has 1 heterocycles. The van der Waals surface area contributed by atoms with Crippen LogP contribution < -0.4 is 0 Å². The summed E-state index contributed by atoms with van der Waals surface area (Å²) in [6, 6.07) is 16.7. The van der Waals surface area contributed by atoms with E-state index in [1.54, 1.807) is 0 Å². The molecule has 0 saturated carbocycles.